The average molecular weight is 243 g/mol. The van der Waals surface area contributed by atoms with Gasteiger partial charge in [0, 0.05) is 18.9 Å². The minimum absolute atomic E-state index is 0.0901. The van der Waals surface area contributed by atoms with E-state index in [1.54, 1.807) is 0 Å². The third-order valence-corrected chi connectivity index (χ3v) is 4.88. The molecule has 1 amide bonds. The van der Waals surface area contributed by atoms with Gasteiger partial charge in [0.2, 0.25) is 5.91 Å². The van der Waals surface area contributed by atoms with E-state index in [9.17, 15) is 4.79 Å². The summed E-state index contributed by atoms with van der Waals surface area (Å²) in [6.07, 6.45) is 1.60. The molecule has 1 N–H and O–H groups in total. The van der Waals surface area contributed by atoms with Gasteiger partial charge >= 0.3 is 0 Å². The molecule has 1 aliphatic heterocycles. The van der Waals surface area contributed by atoms with Gasteiger partial charge in [0.05, 0.1) is 5.60 Å². The Kier molecular flexibility index (Phi) is 4.18. The van der Waals surface area contributed by atoms with E-state index in [2.05, 4.69) is 39.9 Å². The van der Waals surface area contributed by atoms with E-state index in [0.717, 1.165) is 13.0 Å². The highest BCUT2D eigenvalue weighted by molar-refractivity contribution is 6.31. The summed E-state index contributed by atoms with van der Waals surface area (Å²) in [6.45, 7) is 11.8. The van der Waals surface area contributed by atoms with Crippen molar-refractivity contribution in [2.45, 2.75) is 58.1 Å². The van der Waals surface area contributed by atoms with Crippen LogP contribution in [-0.4, -0.2) is 27.8 Å². The van der Waals surface area contributed by atoms with Crippen LogP contribution in [-0.2, 0) is 9.22 Å². The minimum atomic E-state index is -0.525. The lowest BCUT2D eigenvalue weighted by Gasteiger charge is -2.39. The molecule has 16 heavy (non-hydrogen) atoms. The molecule has 1 rings (SSSR count). The normalized spacial score (nSPS) is 23.8. The van der Waals surface area contributed by atoms with Gasteiger partial charge in [-0.25, -0.2) is 0 Å². The maximum atomic E-state index is 11.1. The highest BCUT2D eigenvalue weighted by Gasteiger charge is 2.34. The zero-order valence-electron chi connectivity index (χ0n) is 11.2. The maximum absolute atomic E-state index is 11.1. The first-order valence-corrected chi connectivity index (χ1v) is 7.40. The molecule has 3 nitrogen and oxygen atoms in total. The van der Waals surface area contributed by atoms with Gasteiger partial charge in [0.15, 0.2) is 9.76 Å². The van der Waals surface area contributed by atoms with E-state index in [-0.39, 0.29) is 11.5 Å². The van der Waals surface area contributed by atoms with Gasteiger partial charge in [-0.3, -0.25) is 4.79 Å². The Balaban J connectivity index is 2.47. The molecule has 0 saturated carbocycles. The third-order valence-electron chi connectivity index (χ3n) is 3.13. The Hall–Kier alpha value is -0.353. The molecule has 1 aliphatic rings. The summed E-state index contributed by atoms with van der Waals surface area (Å²) in [5.74, 6) is 0.639. The topological polar surface area (TPSA) is 38.3 Å². The molecule has 1 heterocycles. The first-order valence-electron chi connectivity index (χ1n) is 6.11. The Morgan fingerprint density at radius 1 is 1.31 bits per heavy atom. The lowest BCUT2D eigenvalue weighted by Crippen LogP contribution is -2.47. The van der Waals surface area contributed by atoms with Crippen LogP contribution in [0.5, 0.6) is 0 Å². The number of carbonyl (C=O) groups excluding carboxylic acids is 1. The molecule has 0 aromatic carbocycles. The molecular weight excluding hydrogens is 218 g/mol. The van der Waals surface area contributed by atoms with Crippen LogP contribution in [0.2, 0.25) is 5.04 Å². The molecular formula is C12H25NO2Si. The number of nitrogens with one attached hydrogen (secondary N) is 1. The van der Waals surface area contributed by atoms with E-state index in [4.69, 9.17) is 4.43 Å². The van der Waals surface area contributed by atoms with Gasteiger partial charge in [-0.2, -0.15) is 0 Å². The zero-order chi connectivity index (χ0) is 12.4. The van der Waals surface area contributed by atoms with Crippen molar-refractivity contribution >= 4 is 15.7 Å². The van der Waals surface area contributed by atoms with Crippen LogP contribution in [0.3, 0.4) is 0 Å². The molecule has 1 unspecified atom stereocenters. The van der Waals surface area contributed by atoms with E-state index >= 15 is 0 Å². The fourth-order valence-corrected chi connectivity index (χ4v) is 2.89. The van der Waals surface area contributed by atoms with Crippen LogP contribution >= 0.6 is 0 Å². The van der Waals surface area contributed by atoms with E-state index < -0.39 is 9.76 Å². The smallest absolute Gasteiger partial charge is 0.220 e. The van der Waals surface area contributed by atoms with Crippen LogP contribution in [0, 0.1) is 5.92 Å². The monoisotopic (exact) mass is 243 g/mol. The zero-order valence-corrected chi connectivity index (χ0v) is 12.6. The first kappa shape index (κ1) is 13.7. The van der Waals surface area contributed by atoms with Gasteiger partial charge in [-0.1, -0.05) is 20.8 Å². The van der Waals surface area contributed by atoms with E-state index in [1.807, 2.05) is 0 Å². The molecule has 0 spiro atoms. The molecule has 0 aromatic rings. The van der Waals surface area contributed by atoms with Gasteiger partial charge in [-0.05, 0) is 25.3 Å². The molecule has 4 heteroatoms. The van der Waals surface area contributed by atoms with Crippen molar-refractivity contribution in [2.75, 3.05) is 6.54 Å². The second-order valence-electron chi connectivity index (χ2n) is 6.49. The van der Waals surface area contributed by atoms with Crippen molar-refractivity contribution in [2.24, 2.45) is 5.92 Å². The minimum Gasteiger partial charge on any atom is -0.418 e. The lowest BCUT2D eigenvalue weighted by atomic mass is 9.85. The van der Waals surface area contributed by atoms with Gasteiger partial charge in [0.1, 0.15) is 0 Å². The summed E-state index contributed by atoms with van der Waals surface area (Å²) in [7, 11) is -0.525. The highest BCUT2D eigenvalue weighted by Crippen LogP contribution is 2.30. The van der Waals surface area contributed by atoms with Gasteiger partial charge in [-0.15, -0.1) is 0 Å². The number of hydrogen-bond donors (Lipinski definition) is 1. The highest BCUT2D eigenvalue weighted by atomic mass is 28.2. The summed E-state index contributed by atoms with van der Waals surface area (Å²) in [5.41, 5.74) is -0.0901. The summed E-state index contributed by atoms with van der Waals surface area (Å²) >= 11 is 0. The molecule has 0 aromatic heterocycles. The standard InChI is InChI=1S/C12H25NO2Si/c1-11(2,3)16-15-12(4,5)9-6-7-10(14)13-8-9/h9H,6-8,16H2,1-5H3,(H,13,14). The quantitative estimate of drug-likeness (QED) is 0.765. The number of rotatable bonds is 3. The van der Waals surface area contributed by atoms with Crippen molar-refractivity contribution in [3.05, 3.63) is 0 Å². The predicted octanol–water partition coefficient (Wildman–Crippen LogP) is 1.61. The SMILES string of the molecule is CC(C)(C)[SiH2]OC(C)(C)C1CCC(=O)NC1. The van der Waals surface area contributed by atoms with Crippen LogP contribution in [0.25, 0.3) is 0 Å². The van der Waals surface area contributed by atoms with Crippen molar-refractivity contribution in [1.82, 2.24) is 5.32 Å². The fraction of sp³-hybridized carbons (Fsp3) is 0.917. The number of amides is 1. The average Bonchev–Trinajstić information content (AvgIpc) is 2.15. The second-order valence-corrected chi connectivity index (χ2v) is 9.19. The molecule has 1 saturated heterocycles. The number of carbonyl (C=O) groups is 1. The summed E-state index contributed by atoms with van der Waals surface area (Å²) in [5, 5.41) is 3.26. The molecule has 1 atom stereocenters. The van der Waals surface area contributed by atoms with Crippen molar-refractivity contribution in [3.63, 3.8) is 0 Å². The van der Waals surface area contributed by atoms with E-state index in [1.165, 1.54) is 0 Å². The Labute approximate surface area is 101 Å². The largest absolute Gasteiger partial charge is 0.418 e. The van der Waals surface area contributed by atoms with Crippen LogP contribution in [0.1, 0.15) is 47.5 Å². The Bertz CT molecular complexity index is 248. The molecule has 0 radical (unpaired) electrons. The maximum Gasteiger partial charge on any atom is 0.220 e. The molecule has 1 fully saturated rings. The van der Waals surface area contributed by atoms with Crippen molar-refractivity contribution < 1.29 is 9.22 Å². The van der Waals surface area contributed by atoms with Crippen molar-refractivity contribution in [3.8, 4) is 0 Å². The number of hydrogen-bond acceptors (Lipinski definition) is 2. The van der Waals surface area contributed by atoms with Gasteiger partial charge in [0.25, 0.3) is 0 Å². The molecule has 0 bridgehead atoms. The van der Waals surface area contributed by atoms with Crippen molar-refractivity contribution in [1.29, 1.82) is 0 Å². The summed E-state index contributed by atoms with van der Waals surface area (Å²) in [4.78, 5) is 11.1. The van der Waals surface area contributed by atoms with Crippen LogP contribution in [0.15, 0.2) is 0 Å². The third kappa shape index (κ3) is 4.26. The van der Waals surface area contributed by atoms with Crippen LogP contribution in [0.4, 0.5) is 0 Å². The fourth-order valence-electron chi connectivity index (χ4n) is 1.85. The Morgan fingerprint density at radius 2 is 1.94 bits per heavy atom. The first-order chi connectivity index (χ1) is 7.21. The van der Waals surface area contributed by atoms with E-state index in [0.29, 0.717) is 17.4 Å². The molecule has 94 valence electrons. The summed E-state index contributed by atoms with van der Waals surface area (Å²) < 4.78 is 6.16. The molecule has 0 aliphatic carbocycles. The lowest BCUT2D eigenvalue weighted by molar-refractivity contribution is -0.124. The summed E-state index contributed by atoms with van der Waals surface area (Å²) in [6, 6.07) is 0. The van der Waals surface area contributed by atoms with Crippen LogP contribution < -0.4 is 5.32 Å². The van der Waals surface area contributed by atoms with Gasteiger partial charge < -0.3 is 9.74 Å². The predicted molar refractivity (Wildman–Crippen MR) is 69.2 cm³/mol. The Morgan fingerprint density at radius 3 is 2.38 bits per heavy atom. The number of piperidine rings is 1. The second kappa shape index (κ2) is 4.88.